The van der Waals surface area contributed by atoms with Gasteiger partial charge in [0, 0.05) is 10.6 Å². The third kappa shape index (κ3) is 2.39. The van der Waals surface area contributed by atoms with Crippen molar-refractivity contribution in [1.82, 2.24) is 0 Å². The Kier molecular flexibility index (Phi) is 3.53. The lowest BCUT2D eigenvalue weighted by molar-refractivity contribution is -0.146. The quantitative estimate of drug-likeness (QED) is 0.835. The molecule has 2 N–H and O–H groups in total. The van der Waals surface area contributed by atoms with E-state index < -0.39 is 12.1 Å². The van der Waals surface area contributed by atoms with E-state index in [0.29, 0.717) is 0 Å². The molecule has 0 saturated carbocycles. The number of nitriles is 1. The fourth-order valence-electron chi connectivity index (χ4n) is 0.994. The largest absolute Gasteiger partial charge is 0.479 e. The summed E-state index contributed by atoms with van der Waals surface area (Å²) in [6, 6.07) is 4.14. The van der Waals surface area contributed by atoms with E-state index in [-0.39, 0.29) is 21.2 Å². The molecule has 1 aromatic carbocycles. The zero-order valence-corrected chi connectivity index (χ0v) is 8.75. The van der Waals surface area contributed by atoms with Crippen molar-refractivity contribution >= 4 is 29.2 Å². The first-order chi connectivity index (χ1) is 6.97. The lowest BCUT2D eigenvalue weighted by Gasteiger charge is -2.09. The molecule has 0 bridgehead atoms. The van der Waals surface area contributed by atoms with E-state index in [2.05, 4.69) is 0 Å². The summed E-state index contributed by atoms with van der Waals surface area (Å²) < 4.78 is 0. The first-order valence-electron chi connectivity index (χ1n) is 3.77. The molecule has 4 nitrogen and oxygen atoms in total. The van der Waals surface area contributed by atoms with Crippen LogP contribution < -0.4 is 0 Å². The second kappa shape index (κ2) is 4.49. The van der Waals surface area contributed by atoms with Crippen molar-refractivity contribution in [3.63, 3.8) is 0 Å². The number of nitrogens with zero attached hydrogens (tertiary/aromatic N) is 1. The van der Waals surface area contributed by atoms with Crippen LogP contribution in [0.4, 0.5) is 0 Å². The minimum Gasteiger partial charge on any atom is -0.479 e. The molecule has 15 heavy (non-hydrogen) atoms. The predicted octanol–water partition coefficient (Wildman–Crippen LogP) is 1.98. The highest BCUT2D eigenvalue weighted by Gasteiger charge is 2.20. The monoisotopic (exact) mass is 245 g/mol. The molecule has 0 radical (unpaired) electrons. The highest BCUT2D eigenvalue weighted by Crippen LogP contribution is 2.29. The van der Waals surface area contributed by atoms with Gasteiger partial charge in [-0.2, -0.15) is 5.26 Å². The normalized spacial score (nSPS) is 11.9. The molecule has 1 rings (SSSR count). The fraction of sp³-hybridized carbons (Fsp3) is 0.111. The Hall–Kier alpha value is -1.28. The Morgan fingerprint density at radius 3 is 2.47 bits per heavy atom. The topological polar surface area (TPSA) is 81.3 Å². The molecule has 78 valence electrons. The molecule has 0 aliphatic carbocycles. The Bertz CT molecular complexity index is 453. The van der Waals surface area contributed by atoms with Crippen molar-refractivity contribution < 1.29 is 15.0 Å². The van der Waals surface area contributed by atoms with Crippen LogP contribution in [0.2, 0.25) is 10.0 Å². The highest BCUT2D eigenvalue weighted by molar-refractivity contribution is 6.35. The summed E-state index contributed by atoms with van der Waals surface area (Å²) in [4.78, 5) is 10.5. The van der Waals surface area contributed by atoms with Gasteiger partial charge in [-0.25, -0.2) is 4.79 Å². The van der Waals surface area contributed by atoms with Crippen LogP contribution in [0.15, 0.2) is 12.1 Å². The van der Waals surface area contributed by atoms with Crippen LogP contribution in [-0.4, -0.2) is 16.2 Å². The molecule has 0 fully saturated rings. The van der Waals surface area contributed by atoms with E-state index in [0.717, 1.165) is 6.07 Å². The van der Waals surface area contributed by atoms with E-state index in [4.69, 9.17) is 33.6 Å². The lowest BCUT2D eigenvalue weighted by atomic mass is 10.1. The van der Waals surface area contributed by atoms with Crippen LogP contribution in [0.3, 0.4) is 0 Å². The van der Waals surface area contributed by atoms with E-state index in [9.17, 15) is 9.90 Å². The zero-order valence-electron chi connectivity index (χ0n) is 7.24. The third-order valence-corrected chi connectivity index (χ3v) is 2.38. The molecule has 0 heterocycles. The van der Waals surface area contributed by atoms with Crippen molar-refractivity contribution in [2.75, 3.05) is 0 Å². The van der Waals surface area contributed by atoms with E-state index in [1.165, 1.54) is 6.07 Å². The number of aliphatic hydroxyl groups is 1. The number of hydrogen-bond donors (Lipinski definition) is 2. The van der Waals surface area contributed by atoms with E-state index in [1.807, 2.05) is 0 Å². The zero-order chi connectivity index (χ0) is 11.6. The summed E-state index contributed by atoms with van der Waals surface area (Å²) in [6.45, 7) is 0. The highest BCUT2D eigenvalue weighted by atomic mass is 35.5. The van der Waals surface area contributed by atoms with Crippen LogP contribution in [0.5, 0.6) is 0 Å². The molecule has 0 aromatic heterocycles. The Morgan fingerprint density at radius 2 is 2.00 bits per heavy atom. The number of rotatable bonds is 2. The second-order valence-corrected chi connectivity index (χ2v) is 3.52. The van der Waals surface area contributed by atoms with Crippen molar-refractivity contribution in [1.29, 1.82) is 5.26 Å². The Morgan fingerprint density at radius 1 is 1.40 bits per heavy atom. The number of carbonyl (C=O) groups is 1. The number of aliphatic carboxylic acids is 1. The van der Waals surface area contributed by atoms with Gasteiger partial charge in [0.15, 0.2) is 6.10 Å². The third-order valence-electron chi connectivity index (χ3n) is 1.74. The molecule has 0 aliphatic rings. The molecule has 0 amide bonds. The number of carboxylic acids is 1. The molecular weight excluding hydrogens is 241 g/mol. The van der Waals surface area contributed by atoms with Gasteiger partial charge in [-0.05, 0) is 12.1 Å². The van der Waals surface area contributed by atoms with Crippen molar-refractivity contribution in [2.45, 2.75) is 6.10 Å². The van der Waals surface area contributed by atoms with Crippen LogP contribution in [-0.2, 0) is 4.79 Å². The number of hydrogen-bond acceptors (Lipinski definition) is 3. The van der Waals surface area contributed by atoms with Crippen LogP contribution in [0.1, 0.15) is 17.2 Å². The van der Waals surface area contributed by atoms with Gasteiger partial charge in [0.1, 0.15) is 6.07 Å². The number of benzene rings is 1. The van der Waals surface area contributed by atoms with Crippen molar-refractivity contribution in [2.24, 2.45) is 0 Å². The van der Waals surface area contributed by atoms with Crippen LogP contribution in [0.25, 0.3) is 0 Å². The Labute approximate surface area is 95.3 Å². The van der Waals surface area contributed by atoms with Crippen LogP contribution in [0, 0.1) is 11.3 Å². The smallest absolute Gasteiger partial charge is 0.337 e. The molecule has 1 unspecified atom stereocenters. The molecular formula is C9H5Cl2NO3. The van der Waals surface area contributed by atoms with Gasteiger partial charge in [-0.3, -0.25) is 0 Å². The summed E-state index contributed by atoms with van der Waals surface area (Å²) in [5, 5.41) is 26.6. The number of aliphatic hydroxyl groups excluding tert-OH is 1. The average molecular weight is 246 g/mol. The lowest BCUT2D eigenvalue weighted by Crippen LogP contribution is -2.11. The predicted molar refractivity (Wildman–Crippen MR) is 53.8 cm³/mol. The molecule has 1 atom stereocenters. The van der Waals surface area contributed by atoms with Gasteiger partial charge in [-0.1, -0.05) is 23.2 Å². The second-order valence-electron chi connectivity index (χ2n) is 2.71. The van der Waals surface area contributed by atoms with Gasteiger partial charge in [0.05, 0.1) is 10.6 Å². The maximum Gasteiger partial charge on any atom is 0.337 e. The van der Waals surface area contributed by atoms with Crippen molar-refractivity contribution in [3.8, 4) is 6.07 Å². The van der Waals surface area contributed by atoms with E-state index >= 15 is 0 Å². The van der Waals surface area contributed by atoms with Crippen LogP contribution >= 0.6 is 23.2 Å². The Balaban J connectivity index is 3.32. The molecule has 0 saturated heterocycles. The van der Waals surface area contributed by atoms with Gasteiger partial charge in [-0.15, -0.1) is 0 Å². The maximum atomic E-state index is 10.5. The first-order valence-corrected chi connectivity index (χ1v) is 4.53. The first kappa shape index (κ1) is 11.8. The van der Waals surface area contributed by atoms with Gasteiger partial charge in [0.25, 0.3) is 0 Å². The minimum absolute atomic E-state index is 0.00824. The van der Waals surface area contributed by atoms with Crippen molar-refractivity contribution in [3.05, 3.63) is 33.3 Å². The summed E-state index contributed by atoms with van der Waals surface area (Å²) in [7, 11) is 0. The van der Waals surface area contributed by atoms with Gasteiger partial charge in [0.2, 0.25) is 0 Å². The number of carboxylic acid groups (broad SMARTS) is 1. The molecule has 6 heteroatoms. The summed E-state index contributed by atoms with van der Waals surface area (Å²) in [5.41, 5.74) is 0.0153. The summed E-state index contributed by atoms with van der Waals surface area (Å²) in [6.07, 6.45) is -1.76. The summed E-state index contributed by atoms with van der Waals surface area (Å²) >= 11 is 11.3. The summed E-state index contributed by atoms with van der Waals surface area (Å²) in [5.74, 6) is -1.44. The maximum absolute atomic E-state index is 10.5. The molecule has 1 aromatic rings. The van der Waals surface area contributed by atoms with Gasteiger partial charge >= 0.3 is 5.97 Å². The van der Waals surface area contributed by atoms with Gasteiger partial charge < -0.3 is 10.2 Å². The van der Waals surface area contributed by atoms with E-state index in [1.54, 1.807) is 6.07 Å². The fourth-order valence-corrected chi connectivity index (χ4v) is 1.52. The molecule has 0 spiro atoms. The average Bonchev–Trinajstić information content (AvgIpc) is 2.17. The molecule has 0 aliphatic heterocycles. The minimum atomic E-state index is -1.76. The number of halogens is 2. The standard InChI is InChI=1S/C9H5Cl2NO3/c10-6-2-7(11)5(1-4(6)3-12)8(13)9(14)15/h1-2,8,13H,(H,14,15). The SMILES string of the molecule is N#Cc1cc(C(O)C(=O)O)c(Cl)cc1Cl.